The minimum atomic E-state index is 0.00473. The number of nitrogens with two attached hydrogens (primary N) is 1. The van der Waals surface area contributed by atoms with E-state index in [1.165, 1.54) is 5.56 Å². The van der Waals surface area contributed by atoms with Crippen LogP contribution in [0.3, 0.4) is 0 Å². The third-order valence-corrected chi connectivity index (χ3v) is 4.59. The number of quaternary nitrogens is 1. The Bertz CT molecular complexity index is 713. The van der Waals surface area contributed by atoms with Crippen molar-refractivity contribution in [3.05, 3.63) is 64.2 Å². The van der Waals surface area contributed by atoms with Gasteiger partial charge in [0.1, 0.15) is 6.04 Å². The molecule has 0 radical (unpaired) electrons. The van der Waals surface area contributed by atoms with Crippen molar-refractivity contribution in [1.29, 1.82) is 0 Å². The van der Waals surface area contributed by atoms with Crippen LogP contribution in [0.15, 0.2) is 42.5 Å². The van der Waals surface area contributed by atoms with E-state index in [2.05, 4.69) is 32.2 Å². The Morgan fingerprint density at radius 2 is 1.75 bits per heavy atom. The van der Waals surface area contributed by atoms with Gasteiger partial charge < -0.3 is 10.6 Å². The summed E-state index contributed by atoms with van der Waals surface area (Å²) in [6.07, 6.45) is 0. The molecule has 0 unspecified atom stereocenters. The van der Waals surface area contributed by atoms with Crippen molar-refractivity contribution in [2.45, 2.75) is 39.7 Å². The van der Waals surface area contributed by atoms with Gasteiger partial charge in [-0.05, 0) is 37.0 Å². The fourth-order valence-corrected chi connectivity index (χ4v) is 3.10. The number of carbonyl (C=O) groups excluding carboxylic acids is 1. The van der Waals surface area contributed by atoms with Crippen LogP contribution in [-0.4, -0.2) is 12.5 Å². The monoisotopic (exact) mass is 345 g/mol. The number of anilines is 1. The van der Waals surface area contributed by atoms with Crippen LogP contribution in [0.25, 0.3) is 0 Å². The molecule has 0 saturated heterocycles. The zero-order chi connectivity index (χ0) is 17.7. The molecule has 1 amide bonds. The lowest BCUT2D eigenvalue weighted by molar-refractivity contribution is -0.682. The largest absolute Gasteiger partial charge is 0.332 e. The van der Waals surface area contributed by atoms with Crippen molar-refractivity contribution in [1.82, 2.24) is 0 Å². The first-order valence-electron chi connectivity index (χ1n) is 8.37. The normalized spacial score (nSPS) is 12.2. The van der Waals surface area contributed by atoms with Crippen molar-refractivity contribution in [3.8, 4) is 0 Å². The molecule has 0 aliphatic rings. The fraction of sp³-hybridized carbons (Fsp3) is 0.350. The molecule has 0 fully saturated rings. The maximum absolute atomic E-state index is 12.4. The number of nitrogens with one attached hydrogen (secondary N) is 1. The van der Waals surface area contributed by atoms with E-state index in [9.17, 15) is 4.79 Å². The number of rotatable bonds is 6. The van der Waals surface area contributed by atoms with Crippen LogP contribution < -0.4 is 10.6 Å². The lowest BCUT2D eigenvalue weighted by Gasteiger charge is -2.17. The van der Waals surface area contributed by atoms with Crippen molar-refractivity contribution >= 4 is 23.2 Å². The molecule has 128 valence electrons. The molecule has 24 heavy (non-hydrogen) atoms. The lowest BCUT2D eigenvalue weighted by Crippen LogP contribution is -2.86. The second-order valence-electron chi connectivity index (χ2n) is 6.49. The summed E-state index contributed by atoms with van der Waals surface area (Å²) < 4.78 is 0. The lowest BCUT2D eigenvalue weighted by atomic mass is 9.98. The molecule has 0 aliphatic carbocycles. The molecular weight excluding hydrogens is 320 g/mol. The van der Waals surface area contributed by atoms with Crippen LogP contribution in [0.4, 0.5) is 5.69 Å². The molecule has 3 N–H and O–H groups in total. The SMILES string of the molecule is Cc1cccc(C(C)C)c1NC(=O)C[NH2+][C@H](C)c1ccccc1Cl. The summed E-state index contributed by atoms with van der Waals surface area (Å²) in [6.45, 7) is 8.71. The highest BCUT2D eigenvalue weighted by molar-refractivity contribution is 6.31. The number of aryl methyl sites for hydroxylation is 1. The summed E-state index contributed by atoms with van der Waals surface area (Å²) >= 11 is 6.22. The Kier molecular flexibility index (Phi) is 6.41. The van der Waals surface area contributed by atoms with Gasteiger partial charge in [-0.3, -0.25) is 4.79 Å². The maximum Gasteiger partial charge on any atom is 0.279 e. The van der Waals surface area contributed by atoms with Gasteiger partial charge in [-0.15, -0.1) is 0 Å². The van der Waals surface area contributed by atoms with E-state index in [1.54, 1.807) is 0 Å². The summed E-state index contributed by atoms with van der Waals surface area (Å²) in [6, 6.07) is 14.0. The molecule has 0 spiro atoms. The molecule has 0 bridgehead atoms. The van der Waals surface area contributed by atoms with Crippen LogP contribution in [-0.2, 0) is 4.79 Å². The second-order valence-corrected chi connectivity index (χ2v) is 6.90. The zero-order valence-corrected chi connectivity index (χ0v) is 15.5. The van der Waals surface area contributed by atoms with Gasteiger partial charge in [0.2, 0.25) is 0 Å². The van der Waals surface area contributed by atoms with E-state index in [-0.39, 0.29) is 11.9 Å². The first-order chi connectivity index (χ1) is 11.4. The topological polar surface area (TPSA) is 45.7 Å². The molecule has 0 heterocycles. The van der Waals surface area contributed by atoms with Crippen molar-refractivity contribution in [2.24, 2.45) is 0 Å². The van der Waals surface area contributed by atoms with Crippen LogP contribution in [0, 0.1) is 6.92 Å². The highest BCUT2D eigenvalue weighted by Gasteiger charge is 2.16. The molecule has 0 aromatic heterocycles. The summed E-state index contributed by atoms with van der Waals surface area (Å²) in [4.78, 5) is 12.4. The highest BCUT2D eigenvalue weighted by Crippen LogP contribution is 2.27. The van der Waals surface area contributed by atoms with Gasteiger partial charge in [-0.25, -0.2) is 0 Å². The van der Waals surface area contributed by atoms with Gasteiger partial charge in [0.05, 0.1) is 0 Å². The second kappa shape index (κ2) is 8.32. The van der Waals surface area contributed by atoms with E-state index >= 15 is 0 Å². The standard InChI is InChI=1S/C20H25ClN2O/c1-13(2)16-10-7-8-14(3)20(16)23-19(24)12-22-15(4)17-9-5-6-11-18(17)21/h5-11,13,15,22H,12H2,1-4H3,(H,23,24)/p+1/t15-/m1/s1. The highest BCUT2D eigenvalue weighted by atomic mass is 35.5. The third kappa shape index (κ3) is 4.59. The molecule has 0 aliphatic heterocycles. The number of para-hydroxylation sites is 1. The molecule has 2 aromatic rings. The number of hydrogen-bond donors (Lipinski definition) is 2. The average molecular weight is 346 g/mol. The van der Waals surface area contributed by atoms with Crippen LogP contribution >= 0.6 is 11.6 Å². The smallest absolute Gasteiger partial charge is 0.279 e. The van der Waals surface area contributed by atoms with E-state index in [0.29, 0.717) is 12.5 Å². The molecule has 3 nitrogen and oxygen atoms in total. The quantitative estimate of drug-likeness (QED) is 0.815. The van der Waals surface area contributed by atoms with Crippen LogP contribution in [0.1, 0.15) is 49.4 Å². The van der Waals surface area contributed by atoms with Crippen molar-refractivity contribution in [3.63, 3.8) is 0 Å². The molecule has 2 aromatic carbocycles. The number of amides is 1. The third-order valence-electron chi connectivity index (χ3n) is 4.24. The van der Waals surface area contributed by atoms with Crippen LogP contribution in [0.5, 0.6) is 0 Å². The summed E-state index contributed by atoms with van der Waals surface area (Å²) in [7, 11) is 0. The van der Waals surface area contributed by atoms with Gasteiger partial charge in [-0.1, -0.05) is 61.8 Å². The molecule has 2 rings (SSSR count). The summed E-state index contributed by atoms with van der Waals surface area (Å²) in [5.74, 6) is 0.372. The van der Waals surface area contributed by atoms with Gasteiger partial charge >= 0.3 is 0 Å². The maximum atomic E-state index is 12.4. The summed E-state index contributed by atoms with van der Waals surface area (Å²) in [5, 5.41) is 5.82. The molecule has 0 saturated carbocycles. The number of carbonyl (C=O) groups is 1. The molecule has 1 atom stereocenters. The van der Waals surface area contributed by atoms with E-state index < -0.39 is 0 Å². The number of benzene rings is 2. The van der Waals surface area contributed by atoms with E-state index in [4.69, 9.17) is 11.6 Å². The Balaban J connectivity index is 2.01. The Labute approximate surface area is 149 Å². The minimum Gasteiger partial charge on any atom is -0.332 e. The van der Waals surface area contributed by atoms with Gasteiger partial charge in [0.25, 0.3) is 5.91 Å². The van der Waals surface area contributed by atoms with E-state index in [0.717, 1.165) is 21.8 Å². The van der Waals surface area contributed by atoms with Crippen LogP contribution in [0.2, 0.25) is 5.02 Å². The predicted octanol–water partition coefficient (Wildman–Crippen LogP) is 4.03. The first kappa shape index (κ1) is 18.5. The first-order valence-corrected chi connectivity index (χ1v) is 8.75. The Morgan fingerprint density at radius 3 is 2.42 bits per heavy atom. The van der Waals surface area contributed by atoms with Gasteiger partial charge in [0, 0.05) is 16.3 Å². The van der Waals surface area contributed by atoms with Gasteiger partial charge in [0.15, 0.2) is 6.54 Å². The average Bonchev–Trinajstić information content (AvgIpc) is 2.54. The fourth-order valence-electron chi connectivity index (χ4n) is 2.79. The van der Waals surface area contributed by atoms with E-state index in [1.807, 2.05) is 48.6 Å². The number of hydrogen-bond acceptors (Lipinski definition) is 1. The number of halogens is 1. The van der Waals surface area contributed by atoms with Crippen molar-refractivity contribution < 1.29 is 10.1 Å². The molecule has 4 heteroatoms. The Morgan fingerprint density at radius 1 is 1.08 bits per heavy atom. The summed E-state index contributed by atoms with van der Waals surface area (Å²) in [5.41, 5.74) is 4.25. The predicted molar refractivity (Wildman–Crippen MR) is 101 cm³/mol. The minimum absolute atomic E-state index is 0.00473. The van der Waals surface area contributed by atoms with Crippen molar-refractivity contribution in [2.75, 3.05) is 11.9 Å². The van der Waals surface area contributed by atoms with Gasteiger partial charge in [-0.2, -0.15) is 0 Å². The molecular formula is C20H26ClN2O+. The Hall–Kier alpha value is -1.84. The zero-order valence-electron chi connectivity index (χ0n) is 14.8.